The Morgan fingerprint density at radius 1 is 1.05 bits per heavy atom. The molecule has 0 aromatic rings. The Bertz CT molecular complexity index is 375. The van der Waals surface area contributed by atoms with E-state index in [1.165, 1.54) is 57.8 Å². The van der Waals surface area contributed by atoms with Crippen LogP contribution in [0.15, 0.2) is 12.2 Å². The van der Waals surface area contributed by atoms with E-state index in [1.807, 2.05) is 0 Å². The Morgan fingerprint density at radius 3 is 2.14 bits per heavy atom. The summed E-state index contributed by atoms with van der Waals surface area (Å²) < 4.78 is 5.16. The summed E-state index contributed by atoms with van der Waals surface area (Å²) in [4.78, 5) is 11.3. The van der Waals surface area contributed by atoms with Crippen LogP contribution < -0.4 is 0 Å². The molecule has 118 valence electrons. The summed E-state index contributed by atoms with van der Waals surface area (Å²) in [6, 6.07) is 0. The average Bonchev–Trinajstić information content (AvgIpc) is 2.40. The minimum Gasteiger partial charge on any atom is -0.462 e. The third-order valence-electron chi connectivity index (χ3n) is 6.10. The van der Waals surface area contributed by atoms with Gasteiger partial charge < -0.3 is 4.74 Å². The maximum Gasteiger partial charge on any atom is 0.333 e. The highest BCUT2D eigenvalue weighted by molar-refractivity contribution is 5.86. The molecule has 0 saturated heterocycles. The summed E-state index contributed by atoms with van der Waals surface area (Å²) in [5.41, 5.74) is 1.21. The molecule has 0 unspecified atom stereocenters. The van der Waals surface area contributed by atoms with E-state index in [0.717, 1.165) is 24.2 Å². The molecular formula is C19H30O2. The van der Waals surface area contributed by atoms with Crippen molar-refractivity contribution in [3.63, 3.8) is 0 Å². The maximum atomic E-state index is 11.3. The number of carbonyl (C=O) groups excluding carboxylic acids is 1. The van der Waals surface area contributed by atoms with Gasteiger partial charge in [-0.1, -0.05) is 19.4 Å². The van der Waals surface area contributed by atoms with Crippen LogP contribution in [0.4, 0.5) is 0 Å². The van der Waals surface area contributed by atoms with Crippen molar-refractivity contribution in [2.24, 2.45) is 23.2 Å². The highest BCUT2D eigenvalue weighted by Gasteiger charge is 2.50. The quantitative estimate of drug-likeness (QED) is 0.379. The molecular weight excluding hydrogens is 260 g/mol. The molecule has 4 rings (SSSR count). The van der Waals surface area contributed by atoms with Crippen molar-refractivity contribution in [2.45, 2.75) is 71.1 Å². The van der Waals surface area contributed by atoms with E-state index in [-0.39, 0.29) is 5.97 Å². The van der Waals surface area contributed by atoms with E-state index in [4.69, 9.17) is 4.74 Å². The van der Waals surface area contributed by atoms with Crippen LogP contribution in [0.3, 0.4) is 0 Å². The van der Waals surface area contributed by atoms with Crippen molar-refractivity contribution < 1.29 is 9.53 Å². The van der Waals surface area contributed by atoms with E-state index >= 15 is 0 Å². The average molecular weight is 290 g/mol. The maximum absolute atomic E-state index is 11.3. The van der Waals surface area contributed by atoms with Crippen molar-refractivity contribution >= 4 is 5.97 Å². The summed E-state index contributed by atoms with van der Waals surface area (Å²) in [6.07, 6.45) is 14.1. The fourth-order valence-corrected chi connectivity index (χ4v) is 5.66. The van der Waals surface area contributed by atoms with Gasteiger partial charge in [-0.3, -0.25) is 0 Å². The van der Waals surface area contributed by atoms with Gasteiger partial charge in [-0.05, 0) is 81.5 Å². The van der Waals surface area contributed by atoms with Gasteiger partial charge in [0.15, 0.2) is 0 Å². The monoisotopic (exact) mass is 290 g/mol. The lowest BCUT2D eigenvalue weighted by Gasteiger charge is -2.57. The van der Waals surface area contributed by atoms with Crippen LogP contribution in [0.2, 0.25) is 0 Å². The zero-order valence-corrected chi connectivity index (χ0v) is 13.5. The van der Waals surface area contributed by atoms with Gasteiger partial charge in [-0.2, -0.15) is 0 Å². The number of esters is 1. The molecule has 21 heavy (non-hydrogen) atoms. The molecule has 0 aromatic heterocycles. The first-order chi connectivity index (χ1) is 10.1. The number of carbonyl (C=O) groups is 1. The molecule has 0 aromatic carbocycles. The molecule has 0 atom stereocenters. The van der Waals surface area contributed by atoms with Gasteiger partial charge >= 0.3 is 5.97 Å². The number of unbranched alkanes of at least 4 members (excludes halogenated alkanes) is 2. The molecule has 4 aliphatic carbocycles. The largest absolute Gasteiger partial charge is 0.462 e. The summed E-state index contributed by atoms with van der Waals surface area (Å²) in [5.74, 6) is 2.95. The zero-order chi connectivity index (χ0) is 14.9. The summed E-state index contributed by atoms with van der Waals surface area (Å²) in [5, 5.41) is 0. The molecule has 4 aliphatic rings. The van der Waals surface area contributed by atoms with Crippen molar-refractivity contribution in [3.8, 4) is 0 Å². The topological polar surface area (TPSA) is 26.3 Å². The van der Waals surface area contributed by atoms with Gasteiger partial charge in [0, 0.05) is 5.57 Å². The lowest BCUT2D eigenvalue weighted by atomic mass is 9.48. The Hall–Kier alpha value is -0.790. The SMILES string of the molecule is C=C(C)C(=O)OCCCCCC12CC3CC(CC(C3)C1)C2. The minimum atomic E-state index is -0.240. The Balaban J connectivity index is 1.34. The van der Waals surface area contributed by atoms with E-state index in [1.54, 1.807) is 6.92 Å². The Morgan fingerprint density at radius 2 is 1.62 bits per heavy atom. The molecule has 4 bridgehead atoms. The van der Waals surface area contributed by atoms with E-state index in [9.17, 15) is 4.79 Å². The summed E-state index contributed by atoms with van der Waals surface area (Å²) >= 11 is 0. The van der Waals surface area contributed by atoms with Crippen LogP contribution in [0.1, 0.15) is 71.1 Å². The molecule has 2 nitrogen and oxygen atoms in total. The number of ether oxygens (including phenoxy) is 1. The first-order valence-electron chi connectivity index (χ1n) is 8.89. The second-order valence-electron chi connectivity index (χ2n) is 8.14. The molecule has 0 aliphatic heterocycles. The lowest BCUT2D eigenvalue weighted by molar-refractivity contribution is -0.139. The van der Waals surface area contributed by atoms with Crippen LogP contribution >= 0.6 is 0 Å². The molecule has 0 amide bonds. The van der Waals surface area contributed by atoms with E-state index in [2.05, 4.69) is 6.58 Å². The highest BCUT2D eigenvalue weighted by atomic mass is 16.5. The third-order valence-corrected chi connectivity index (χ3v) is 6.10. The molecule has 2 heteroatoms. The van der Waals surface area contributed by atoms with E-state index < -0.39 is 0 Å². The fourth-order valence-electron chi connectivity index (χ4n) is 5.66. The predicted molar refractivity (Wildman–Crippen MR) is 84.8 cm³/mol. The Kier molecular flexibility index (Phi) is 4.42. The van der Waals surface area contributed by atoms with Crippen LogP contribution in [0.25, 0.3) is 0 Å². The predicted octanol–water partition coefficient (Wildman–Crippen LogP) is 4.88. The van der Waals surface area contributed by atoms with E-state index in [0.29, 0.717) is 17.6 Å². The second kappa shape index (κ2) is 6.14. The van der Waals surface area contributed by atoms with Crippen LogP contribution in [0.5, 0.6) is 0 Å². The van der Waals surface area contributed by atoms with Gasteiger partial charge in [-0.25, -0.2) is 4.79 Å². The molecule has 4 saturated carbocycles. The van der Waals surface area contributed by atoms with Crippen molar-refractivity contribution in [2.75, 3.05) is 6.61 Å². The second-order valence-corrected chi connectivity index (χ2v) is 8.14. The smallest absolute Gasteiger partial charge is 0.333 e. The lowest BCUT2D eigenvalue weighted by Crippen LogP contribution is -2.45. The summed E-state index contributed by atoms with van der Waals surface area (Å²) in [7, 11) is 0. The molecule has 0 radical (unpaired) electrons. The Labute approximate surface area is 129 Å². The first-order valence-corrected chi connectivity index (χ1v) is 8.89. The number of hydrogen-bond donors (Lipinski definition) is 0. The van der Waals surface area contributed by atoms with Crippen LogP contribution in [0, 0.1) is 23.2 Å². The molecule has 0 heterocycles. The van der Waals surface area contributed by atoms with Crippen molar-refractivity contribution in [3.05, 3.63) is 12.2 Å². The van der Waals surface area contributed by atoms with Gasteiger partial charge in [0.1, 0.15) is 0 Å². The van der Waals surface area contributed by atoms with Crippen molar-refractivity contribution in [1.29, 1.82) is 0 Å². The van der Waals surface area contributed by atoms with Gasteiger partial charge in [0.2, 0.25) is 0 Å². The van der Waals surface area contributed by atoms with Gasteiger partial charge in [0.25, 0.3) is 0 Å². The van der Waals surface area contributed by atoms with Crippen LogP contribution in [-0.2, 0) is 9.53 Å². The third kappa shape index (κ3) is 3.52. The van der Waals surface area contributed by atoms with Gasteiger partial charge in [0.05, 0.1) is 6.61 Å². The minimum absolute atomic E-state index is 0.240. The van der Waals surface area contributed by atoms with Crippen molar-refractivity contribution in [1.82, 2.24) is 0 Å². The standard InChI is InChI=1S/C19H30O2/c1-14(2)18(20)21-7-5-3-4-6-19-11-15-8-16(12-19)10-17(9-15)13-19/h15-17H,1,3-13H2,2H3. The number of hydrogen-bond acceptors (Lipinski definition) is 2. The normalized spacial score (nSPS) is 36.7. The highest BCUT2D eigenvalue weighted by Crippen LogP contribution is 2.61. The molecule has 0 spiro atoms. The number of rotatable bonds is 7. The van der Waals surface area contributed by atoms with Crippen LogP contribution in [-0.4, -0.2) is 12.6 Å². The summed E-state index contributed by atoms with van der Waals surface area (Å²) in [6.45, 7) is 5.87. The molecule has 0 N–H and O–H groups in total. The molecule has 4 fully saturated rings. The zero-order valence-electron chi connectivity index (χ0n) is 13.5. The fraction of sp³-hybridized carbons (Fsp3) is 0.842. The first kappa shape index (κ1) is 15.1. The van der Waals surface area contributed by atoms with Gasteiger partial charge in [-0.15, -0.1) is 0 Å².